The van der Waals surface area contributed by atoms with Gasteiger partial charge in [-0.15, -0.1) is 5.01 Å². The first-order chi connectivity index (χ1) is 9.66. The maximum Gasteiger partial charge on any atom is 0.374 e. The van der Waals surface area contributed by atoms with E-state index in [0.29, 0.717) is 32.0 Å². The van der Waals surface area contributed by atoms with Crippen LogP contribution in [0.3, 0.4) is 0 Å². The summed E-state index contributed by atoms with van der Waals surface area (Å²) in [6, 6.07) is 0. The monoisotopic (exact) mass is 281 g/mol. The molecule has 2 aliphatic rings. The zero-order valence-corrected chi connectivity index (χ0v) is 11.3. The Morgan fingerprint density at radius 2 is 2.05 bits per heavy atom. The van der Waals surface area contributed by atoms with Crippen molar-refractivity contribution in [3.8, 4) is 0 Å². The Kier molecular flexibility index (Phi) is 3.39. The van der Waals surface area contributed by atoms with Crippen LogP contribution in [0.2, 0.25) is 0 Å². The fourth-order valence-corrected chi connectivity index (χ4v) is 2.18. The topological polar surface area (TPSA) is 88.6 Å². The van der Waals surface area contributed by atoms with E-state index in [2.05, 4.69) is 10.6 Å². The Bertz CT molecular complexity index is 532. The Morgan fingerprint density at radius 3 is 2.65 bits per heavy atom. The predicted molar refractivity (Wildman–Crippen MR) is 66.8 cm³/mol. The van der Waals surface area contributed by atoms with E-state index in [1.807, 2.05) is 5.01 Å². The summed E-state index contributed by atoms with van der Waals surface area (Å²) in [7, 11) is 0. The molecular weight excluding hydrogens is 264 g/mol. The van der Waals surface area contributed by atoms with E-state index in [-0.39, 0.29) is 23.5 Å². The highest BCUT2D eigenvalue weighted by molar-refractivity contribution is 6.02. The van der Waals surface area contributed by atoms with Crippen molar-refractivity contribution in [1.29, 1.82) is 0 Å². The van der Waals surface area contributed by atoms with Gasteiger partial charge in [0.15, 0.2) is 0 Å². The van der Waals surface area contributed by atoms with Crippen molar-refractivity contribution in [1.82, 2.24) is 5.27 Å². The Morgan fingerprint density at radius 1 is 1.35 bits per heavy atom. The molecule has 20 heavy (non-hydrogen) atoms. The number of aromatic nitrogens is 2. The lowest BCUT2D eigenvalue weighted by Gasteiger charge is -2.19. The molecule has 3 rings (SSSR count). The smallest absolute Gasteiger partial charge is 0.374 e. The van der Waals surface area contributed by atoms with E-state index in [4.69, 9.17) is 9.26 Å². The summed E-state index contributed by atoms with van der Waals surface area (Å²) in [5, 5.41) is 8.31. The van der Waals surface area contributed by atoms with Crippen LogP contribution in [0.4, 0.5) is 5.88 Å². The van der Waals surface area contributed by atoms with E-state index in [1.165, 1.54) is 11.7 Å². The first kappa shape index (κ1) is 13.0. The zero-order valence-electron chi connectivity index (χ0n) is 11.3. The highest BCUT2D eigenvalue weighted by Crippen LogP contribution is 2.33. The van der Waals surface area contributed by atoms with Gasteiger partial charge in [0, 0.05) is 12.8 Å². The number of Topliss-reactive ketones (excluding diaryl/α,β-unsaturated/α-hetero) is 1. The zero-order chi connectivity index (χ0) is 14.1. The molecule has 2 fully saturated rings. The molecule has 1 amide bonds. The molecule has 1 aliphatic carbocycles. The number of ketones is 1. The number of hydrogen-bond acceptors (Lipinski definition) is 6. The summed E-state index contributed by atoms with van der Waals surface area (Å²) in [6.07, 6.45) is 1.76. The highest BCUT2D eigenvalue weighted by atomic mass is 16.5. The summed E-state index contributed by atoms with van der Waals surface area (Å²) >= 11 is 0. The van der Waals surface area contributed by atoms with Gasteiger partial charge in [0.05, 0.1) is 31.1 Å². The summed E-state index contributed by atoms with van der Waals surface area (Å²) in [5.41, 5.74) is 0.324. The normalized spacial score (nSPS) is 18.9. The van der Waals surface area contributed by atoms with Crippen molar-refractivity contribution in [2.45, 2.75) is 19.8 Å². The number of morpholine rings is 1. The number of nitrogens with zero attached hydrogens (tertiary/aromatic N) is 3. The Labute approximate surface area is 115 Å². The number of amides is 1. The van der Waals surface area contributed by atoms with Gasteiger partial charge >= 0.3 is 11.6 Å². The minimum absolute atomic E-state index is 0.0224. The molecule has 1 N–H and O–H groups in total. The van der Waals surface area contributed by atoms with Crippen LogP contribution in [0, 0.1) is 5.92 Å². The molecule has 1 aliphatic heterocycles. The van der Waals surface area contributed by atoms with Crippen molar-refractivity contribution in [3.63, 3.8) is 0 Å². The number of nitrogens with one attached hydrogen (secondary N) is 1. The SMILES string of the molecule is CC(=O)Nc1on[n+](N2CCOCC2)c1C(=O)C1CC1. The second kappa shape index (κ2) is 5.20. The van der Waals surface area contributed by atoms with Crippen molar-refractivity contribution >= 4 is 17.6 Å². The van der Waals surface area contributed by atoms with Crippen molar-refractivity contribution in [2.75, 3.05) is 36.6 Å². The van der Waals surface area contributed by atoms with Crippen molar-refractivity contribution in [3.05, 3.63) is 5.69 Å². The lowest BCUT2D eigenvalue weighted by atomic mass is 10.2. The molecule has 0 atom stereocenters. The first-order valence-electron chi connectivity index (χ1n) is 6.73. The van der Waals surface area contributed by atoms with Crippen LogP contribution in [0.5, 0.6) is 0 Å². The van der Waals surface area contributed by atoms with Crippen LogP contribution in [-0.2, 0) is 9.53 Å². The van der Waals surface area contributed by atoms with Crippen LogP contribution < -0.4 is 15.1 Å². The van der Waals surface area contributed by atoms with Crippen molar-refractivity contribution in [2.24, 2.45) is 5.92 Å². The van der Waals surface area contributed by atoms with Gasteiger partial charge < -0.3 is 4.74 Å². The first-order valence-corrected chi connectivity index (χ1v) is 6.73. The standard InChI is InChI=1S/C12H16N4O4/c1-8(17)13-12-10(11(18)9-2-3-9)16(14-20-12)15-4-6-19-7-5-15/h9H,2-7H2,1H3/p+1. The molecule has 0 bridgehead atoms. The Balaban J connectivity index is 1.93. The fourth-order valence-electron chi connectivity index (χ4n) is 2.18. The van der Waals surface area contributed by atoms with E-state index in [9.17, 15) is 9.59 Å². The molecule has 1 aromatic heterocycles. The van der Waals surface area contributed by atoms with E-state index < -0.39 is 0 Å². The molecule has 2 heterocycles. The number of anilines is 1. The molecule has 0 spiro atoms. The number of carbonyl (C=O) groups excluding carboxylic acids is 2. The van der Waals surface area contributed by atoms with Gasteiger partial charge in [-0.2, -0.15) is 0 Å². The summed E-state index contributed by atoms with van der Waals surface area (Å²) < 4.78 is 10.4. The number of carbonyl (C=O) groups is 2. The molecule has 8 heteroatoms. The molecule has 0 radical (unpaired) electrons. The lowest BCUT2D eigenvalue weighted by molar-refractivity contribution is -0.761. The molecule has 8 nitrogen and oxygen atoms in total. The van der Waals surface area contributed by atoms with Crippen LogP contribution in [0.15, 0.2) is 4.52 Å². The van der Waals surface area contributed by atoms with Crippen LogP contribution in [0.25, 0.3) is 0 Å². The molecule has 1 aromatic rings. The quantitative estimate of drug-likeness (QED) is 0.590. The van der Waals surface area contributed by atoms with Gasteiger partial charge in [0.2, 0.25) is 17.0 Å². The second-order valence-corrected chi connectivity index (χ2v) is 5.03. The van der Waals surface area contributed by atoms with Gasteiger partial charge in [-0.1, -0.05) is 0 Å². The van der Waals surface area contributed by atoms with Gasteiger partial charge in [-0.25, -0.2) is 0 Å². The number of hydrogen-bond donors (Lipinski definition) is 1. The van der Waals surface area contributed by atoms with Crippen molar-refractivity contribution < 1.29 is 23.6 Å². The predicted octanol–water partition coefficient (Wildman–Crippen LogP) is -0.519. The maximum absolute atomic E-state index is 12.4. The van der Waals surface area contributed by atoms with Gasteiger partial charge in [-0.3, -0.25) is 19.4 Å². The Hall–Kier alpha value is -1.96. The number of ether oxygens (including phenoxy) is 1. The largest absolute Gasteiger partial charge is 0.377 e. The maximum atomic E-state index is 12.4. The summed E-state index contributed by atoms with van der Waals surface area (Å²) in [4.78, 5) is 25.1. The molecule has 0 aromatic carbocycles. The third-order valence-corrected chi connectivity index (χ3v) is 3.35. The van der Waals surface area contributed by atoms with E-state index in [1.54, 1.807) is 0 Å². The summed E-state index contributed by atoms with van der Waals surface area (Å²) in [5.74, 6) is -0.170. The van der Waals surface area contributed by atoms with Gasteiger partial charge in [0.1, 0.15) is 0 Å². The molecular formula is C12H17N4O4+. The third-order valence-electron chi connectivity index (χ3n) is 3.35. The average molecular weight is 281 g/mol. The van der Waals surface area contributed by atoms with Crippen LogP contribution in [0.1, 0.15) is 30.3 Å². The molecule has 108 valence electrons. The van der Waals surface area contributed by atoms with Gasteiger partial charge in [0.25, 0.3) is 0 Å². The highest BCUT2D eigenvalue weighted by Gasteiger charge is 2.44. The van der Waals surface area contributed by atoms with Crippen LogP contribution in [-0.4, -0.2) is 43.3 Å². The van der Waals surface area contributed by atoms with E-state index >= 15 is 0 Å². The van der Waals surface area contributed by atoms with Gasteiger partial charge in [-0.05, 0) is 12.8 Å². The summed E-state index contributed by atoms with van der Waals surface area (Å²) in [6.45, 7) is 3.77. The fraction of sp³-hybridized carbons (Fsp3) is 0.667. The molecule has 1 saturated heterocycles. The van der Waals surface area contributed by atoms with E-state index in [0.717, 1.165) is 12.8 Å². The minimum atomic E-state index is -0.292. The average Bonchev–Trinajstić information content (AvgIpc) is 3.20. The third kappa shape index (κ3) is 2.51. The minimum Gasteiger partial charge on any atom is -0.377 e. The van der Waals surface area contributed by atoms with Crippen LogP contribution >= 0.6 is 0 Å². The number of rotatable bonds is 4. The molecule has 0 unspecified atom stereocenters. The molecule has 1 saturated carbocycles. The lowest BCUT2D eigenvalue weighted by Crippen LogP contribution is -2.65. The second-order valence-electron chi connectivity index (χ2n) is 5.03.